The Kier molecular flexibility index (Phi) is 5.59. The van der Waals surface area contributed by atoms with Crippen LogP contribution in [-0.4, -0.2) is 43.5 Å². The van der Waals surface area contributed by atoms with E-state index in [1.165, 1.54) is 24.3 Å². The summed E-state index contributed by atoms with van der Waals surface area (Å²) in [6.07, 6.45) is -5.70. The minimum absolute atomic E-state index is 0.0113. The molecule has 0 spiro atoms. The Hall–Kier alpha value is -3.22. The van der Waals surface area contributed by atoms with Crippen LogP contribution in [0.5, 0.6) is 5.75 Å². The molecule has 37 heavy (non-hydrogen) atoms. The summed E-state index contributed by atoms with van der Waals surface area (Å²) in [6, 6.07) is 7.76. The molecule has 3 aromatic rings. The Bertz CT molecular complexity index is 1280. The summed E-state index contributed by atoms with van der Waals surface area (Å²) in [6.45, 7) is -0.00486. The molecule has 6 nitrogen and oxygen atoms in total. The van der Waals surface area contributed by atoms with Crippen molar-refractivity contribution < 1.29 is 40.6 Å². The van der Waals surface area contributed by atoms with Crippen molar-refractivity contribution >= 4 is 0 Å². The molecule has 1 aromatic heterocycles. The Labute approximate surface area is 206 Å². The first-order valence-corrected chi connectivity index (χ1v) is 11.3. The minimum Gasteiger partial charge on any atom is -0.481 e. The van der Waals surface area contributed by atoms with E-state index in [4.69, 9.17) is 4.74 Å². The molecule has 6 rings (SSSR count). The highest BCUT2D eigenvalue weighted by molar-refractivity contribution is 5.44. The number of benzene rings is 2. The highest BCUT2D eigenvalue weighted by Crippen LogP contribution is 2.80. The van der Waals surface area contributed by atoms with Gasteiger partial charge in [0.2, 0.25) is 0 Å². The second-order valence-electron chi connectivity index (χ2n) is 9.98. The van der Waals surface area contributed by atoms with Crippen molar-refractivity contribution in [2.24, 2.45) is 5.41 Å². The maximum atomic E-state index is 16.2. The predicted molar refractivity (Wildman–Crippen MR) is 114 cm³/mol. The van der Waals surface area contributed by atoms with Crippen LogP contribution in [0, 0.1) is 17.0 Å². The molecule has 2 aromatic carbocycles. The van der Waals surface area contributed by atoms with E-state index in [0.29, 0.717) is 11.6 Å². The van der Waals surface area contributed by atoms with Crippen LogP contribution in [0.1, 0.15) is 37.3 Å². The molecule has 13 heteroatoms. The number of ether oxygens (including phenoxy) is 1. The lowest BCUT2D eigenvalue weighted by molar-refractivity contribution is -0.347. The molecule has 0 saturated heterocycles. The van der Waals surface area contributed by atoms with Gasteiger partial charge in [0.15, 0.2) is 11.7 Å². The summed E-state index contributed by atoms with van der Waals surface area (Å²) in [5, 5.41) is 21.6. The second-order valence-corrected chi connectivity index (χ2v) is 9.98. The fourth-order valence-electron chi connectivity index (χ4n) is 5.69. The number of aromatic nitrogens is 4. The molecule has 2 bridgehead atoms. The highest BCUT2D eigenvalue weighted by Gasteiger charge is 2.82. The molecule has 2 atom stereocenters. The smallest absolute Gasteiger partial charge is 0.425 e. The third kappa shape index (κ3) is 3.85. The number of hydrogen-bond acceptors (Lipinski definition) is 5. The van der Waals surface area contributed by atoms with E-state index >= 15 is 8.78 Å². The fraction of sp³-hybridized carbons (Fsp3) is 0.458. The van der Waals surface area contributed by atoms with Gasteiger partial charge in [-0.1, -0.05) is 12.1 Å². The van der Waals surface area contributed by atoms with Gasteiger partial charge in [-0.25, -0.2) is 22.2 Å². The molecule has 0 amide bonds. The van der Waals surface area contributed by atoms with E-state index in [2.05, 4.69) is 15.5 Å². The number of alkyl halides is 5. The van der Waals surface area contributed by atoms with Crippen LogP contribution in [-0.2, 0) is 17.6 Å². The van der Waals surface area contributed by atoms with Crippen LogP contribution < -0.4 is 4.74 Å². The lowest BCUT2D eigenvalue weighted by Crippen LogP contribution is -2.76. The van der Waals surface area contributed by atoms with Gasteiger partial charge in [-0.3, -0.25) is 0 Å². The zero-order valence-electron chi connectivity index (χ0n) is 19.3. The number of hydrogen-bond donors (Lipinski definition) is 1. The van der Waals surface area contributed by atoms with E-state index in [-0.39, 0.29) is 25.0 Å². The van der Waals surface area contributed by atoms with Crippen molar-refractivity contribution in [1.29, 1.82) is 0 Å². The Morgan fingerprint density at radius 3 is 2.22 bits per heavy atom. The average molecular weight is 530 g/mol. The molecule has 3 aliphatic carbocycles. The molecule has 1 heterocycles. The molecule has 0 radical (unpaired) electrons. The number of aliphatic hydroxyl groups is 1. The third-order valence-corrected chi connectivity index (χ3v) is 7.62. The van der Waals surface area contributed by atoms with Crippen molar-refractivity contribution in [3.05, 3.63) is 71.6 Å². The zero-order valence-corrected chi connectivity index (χ0v) is 19.3. The molecule has 1 N–H and O–H groups in total. The zero-order chi connectivity index (χ0) is 26.9. The van der Waals surface area contributed by atoms with E-state index in [1.807, 2.05) is 0 Å². The SMILES string of the molecule is C[C@H](Oc1ccc(C23CC(C(F)(F)[C@@](O)(Cn4cnnn4)c4ccc(F)cc4F)(C2)C3)cc1)C(F)(F)F. The van der Waals surface area contributed by atoms with Gasteiger partial charge in [0.25, 0.3) is 5.92 Å². The highest BCUT2D eigenvalue weighted by atomic mass is 19.4. The lowest BCUT2D eigenvalue weighted by Gasteiger charge is -2.74. The maximum absolute atomic E-state index is 16.2. The van der Waals surface area contributed by atoms with Gasteiger partial charge >= 0.3 is 6.18 Å². The van der Waals surface area contributed by atoms with Crippen LogP contribution >= 0.6 is 0 Å². The first kappa shape index (κ1) is 25.4. The van der Waals surface area contributed by atoms with Crippen LogP contribution in [0.3, 0.4) is 0 Å². The standard InChI is InChI=1S/C24H21F7N4O2/c1-14(23(27,28)29)37-17-5-2-15(3-6-17)20-9-21(10-20,11-20)24(30,31)22(36,12-35-13-32-33-34-35)18-7-4-16(25)8-19(18)26/h2-8,13-14,36H,9-12H2,1H3/t14-,20?,21?,22+/m0/s1. The van der Waals surface area contributed by atoms with Crippen molar-refractivity contribution in [2.75, 3.05) is 0 Å². The van der Waals surface area contributed by atoms with E-state index in [1.54, 1.807) is 0 Å². The first-order chi connectivity index (χ1) is 17.2. The van der Waals surface area contributed by atoms with Crippen LogP contribution in [0.25, 0.3) is 0 Å². The van der Waals surface area contributed by atoms with E-state index in [0.717, 1.165) is 30.1 Å². The van der Waals surface area contributed by atoms with Gasteiger partial charge in [-0.05, 0) is 71.9 Å². The summed E-state index contributed by atoms with van der Waals surface area (Å²) in [7, 11) is 0. The van der Waals surface area contributed by atoms with Crippen molar-refractivity contribution in [3.8, 4) is 5.75 Å². The summed E-state index contributed by atoms with van der Waals surface area (Å²) >= 11 is 0. The number of halogens is 7. The Balaban J connectivity index is 1.39. The van der Waals surface area contributed by atoms with Gasteiger partial charge in [0.05, 0.1) is 6.54 Å². The average Bonchev–Trinajstić information content (AvgIpc) is 3.24. The number of rotatable bonds is 8. The van der Waals surface area contributed by atoms with Crippen LogP contribution in [0.2, 0.25) is 0 Å². The predicted octanol–water partition coefficient (Wildman–Crippen LogP) is 4.93. The molecule has 3 fully saturated rings. The van der Waals surface area contributed by atoms with Crippen molar-refractivity contribution in [3.63, 3.8) is 0 Å². The monoisotopic (exact) mass is 530 g/mol. The number of tetrazole rings is 1. The lowest BCUT2D eigenvalue weighted by atomic mass is 9.30. The van der Waals surface area contributed by atoms with Crippen molar-refractivity contribution in [2.45, 2.75) is 61.9 Å². The molecule has 3 aliphatic rings. The van der Waals surface area contributed by atoms with Crippen molar-refractivity contribution in [1.82, 2.24) is 20.2 Å². The molecule has 198 valence electrons. The molecule has 3 saturated carbocycles. The molecular formula is C24H21F7N4O2. The Morgan fingerprint density at radius 2 is 1.68 bits per heavy atom. The fourth-order valence-corrected chi connectivity index (χ4v) is 5.69. The summed E-state index contributed by atoms with van der Waals surface area (Å²) < 4.78 is 105. The van der Waals surface area contributed by atoms with E-state index < -0.39 is 58.4 Å². The summed E-state index contributed by atoms with van der Waals surface area (Å²) in [5.41, 5.74) is -5.58. The minimum atomic E-state index is -4.53. The summed E-state index contributed by atoms with van der Waals surface area (Å²) in [4.78, 5) is 0. The molecule has 0 aliphatic heterocycles. The maximum Gasteiger partial charge on any atom is 0.425 e. The van der Waals surface area contributed by atoms with Crippen LogP contribution in [0.4, 0.5) is 30.7 Å². The normalized spacial score (nSPS) is 25.5. The summed E-state index contributed by atoms with van der Waals surface area (Å²) in [5.74, 6) is -6.21. The largest absolute Gasteiger partial charge is 0.481 e. The van der Waals surface area contributed by atoms with Gasteiger partial charge in [-0.15, -0.1) is 5.10 Å². The van der Waals surface area contributed by atoms with E-state index in [9.17, 15) is 27.1 Å². The van der Waals surface area contributed by atoms with Gasteiger partial charge in [0, 0.05) is 17.0 Å². The quantitative estimate of drug-likeness (QED) is 0.419. The first-order valence-electron chi connectivity index (χ1n) is 11.3. The number of nitrogens with zero attached hydrogens (tertiary/aromatic N) is 4. The van der Waals surface area contributed by atoms with Gasteiger partial charge in [0.1, 0.15) is 23.7 Å². The van der Waals surface area contributed by atoms with Crippen LogP contribution in [0.15, 0.2) is 48.8 Å². The Morgan fingerprint density at radius 1 is 1.03 bits per heavy atom. The molecule has 0 unspecified atom stereocenters. The third-order valence-electron chi connectivity index (χ3n) is 7.62. The van der Waals surface area contributed by atoms with Gasteiger partial charge in [-0.2, -0.15) is 13.2 Å². The topological polar surface area (TPSA) is 73.1 Å². The van der Waals surface area contributed by atoms with Gasteiger partial charge < -0.3 is 9.84 Å². The second kappa shape index (κ2) is 8.14. The molecular weight excluding hydrogens is 509 g/mol.